The van der Waals surface area contributed by atoms with E-state index in [-0.39, 0.29) is 10.3 Å². The van der Waals surface area contributed by atoms with Crippen LogP contribution in [0.1, 0.15) is 18.4 Å². The van der Waals surface area contributed by atoms with Crippen LogP contribution in [0.4, 0.5) is 10.1 Å². The van der Waals surface area contributed by atoms with Crippen LogP contribution in [-0.2, 0) is 15.4 Å². The van der Waals surface area contributed by atoms with Crippen molar-refractivity contribution in [2.45, 2.75) is 23.2 Å². The third-order valence-corrected chi connectivity index (χ3v) is 6.77. The lowest BCUT2D eigenvalue weighted by molar-refractivity contribution is 0.562. The molecular formula is C16H13BrFNO2S. The zero-order chi connectivity index (χ0) is 15.5. The summed E-state index contributed by atoms with van der Waals surface area (Å²) in [5.41, 5.74) is 1.68. The Bertz CT molecular complexity index is 877. The average molecular weight is 382 g/mol. The van der Waals surface area contributed by atoms with Gasteiger partial charge in [-0.2, -0.15) is 0 Å². The molecule has 1 spiro atoms. The number of fused-ring (bicyclic) bond motifs is 2. The van der Waals surface area contributed by atoms with Crippen molar-refractivity contribution in [3.8, 4) is 0 Å². The Morgan fingerprint density at radius 1 is 1.14 bits per heavy atom. The van der Waals surface area contributed by atoms with Crippen molar-refractivity contribution in [3.05, 3.63) is 58.3 Å². The maximum absolute atomic E-state index is 14.1. The van der Waals surface area contributed by atoms with Crippen molar-refractivity contribution >= 4 is 31.6 Å². The predicted octanol–water partition coefficient (Wildman–Crippen LogP) is 3.83. The lowest BCUT2D eigenvalue weighted by atomic mass is 9.99. The Hall–Kier alpha value is -1.40. The third-order valence-electron chi connectivity index (χ3n) is 4.51. The van der Waals surface area contributed by atoms with Crippen LogP contribution in [0.2, 0.25) is 0 Å². The number of sulfonamides is 1. The first-order valence-electron chi connectivity index (χ1n) is 7.01. The summed E-state index contributed by atoms with van der Waals surface area (Å²) in [6.45, 7) is 0.403. The van der Waals surface area contributed by atoms with E-state index in [0.717, 1.165) is 18.4 Å². The minimum atomic E-state index is -3.91. The number of nitrogens with zero attached hydrogens (tertiary/aromatic N) is 1. The van der Waals surface area contributed by atoms with Gasteiger partial charge in [0.05, 0.1) is 5.69 Å². The molecule has 1 fully saturated rings. The quantitative estimate of drug-likeness (QED) is 0.792. The van der Waals surface area contributed by atoms with Gasteiger partial charge in [-0.3, -0.25) is 4.31 Å². The van der Waals surface area contributed by atoms with Crippen LogP contribution < -0.4 is 4.31 Å². The Labute approximate surface area is 136 Å². The molecule has 0 atom stereocenters. The van der Waals surface area contributed by atoms with E-state index >= 15 is 0 Å². The number of rotatable bonds is 2. The van der Waals surface area contributed by atoms with Crippen molar-refractivity contribution in [1.82, 2.24) is 0 Å². The summed E-state index contributed by atoms with van der Waals surface area (Å²) in [6.07, 6.45) is 1.97. The summed E-state index contributed by atoms with van der Waals surface area (Å²) in [5, 5.41) is 0. The van der Waals surface area contributed by atoms with Gasteiger partial charge < -0.3 is 0 Å². The second-order valence-corrected chi connectivity index (χ2v) is 8.63. The minimum absolute atomic E-state index is 0.0633. The Balaban J connectivity index is 1.87. The molecule has 0 N–H and O–H groups in total. The van der Waals surface area contributed by atoms with Gasteiger partial charge in [-0.15, -0.1) is 0 Å². The second-order valence-electron chi connectivity index (χ2n) is 5.88. The summed E-state index contributed by atoms with van der Waals surface area (Å²) >= 11 is 3.21. The van der Waals surface area contributed by atoms with Gasteiger partial charge in [0.1, 0.15) is 10.7 Å². The number of para-hydroxylation sites is 1. The van der Waals surface area contributed by atoms with E-state index in [2.05, 4.69) is 15.9 Å². The summed E-state index contributed by atoms with van der Waals surface area (Å²) < 4.78 is 41.9. The van der Waals surface area contributed by atoms with E-state index in [1.165, 1.54) is 22.5 Å². The van der Waals surface area contributed by atoms with E-state index in [1.807, 2.05) is 18.2 Å². The first-order valence-corrected chi connectivity index (χ1v) is 9.25. The largest absolute Gasteiger partial charge is 0.267 e. The zero-order valence-electron chi connectivity index (χ0n) is 11.6. The first-order chi connectivity index (χ1) is 10.4. The molecular weight excluding hydrogens is 369 g/mol. The summed E-state index contributed by atoms with van der Waals surface area (Å²) in [7, 11) is -3.91. The zero-order valence-corrected chi connectivity index (χ0v) is 14.0. The van der Waals surface area contributed by atoms with E-state index in [9.17, 15) is 12.8 Å². The van der Waals surface area contributed by atoms with E-state index in [4.69, 9.17) is 0 Å². The fourth-order valence-corrected chi connectivity index (χ4v) is 5.35. The SMILES string of the molecule is O=S(=O)(c1cc(Br)ccc1F)N1CC2(CC2)c2ccccc21. The van der Waals surface area contributed by atoms with E-state index < -0.39 is 15.8 Å². The number of hydrogen-bond donors (Lipinski definition) is 0. The standard InChI is InChI=1S/C16H13BrFNO2S/c17-11-5-6-13(18)15(9-11)22(20,21)19-10-16(7-8-16)12-3-1-2-4-14(12)19/h1-6,9H,7-8,10H2. The Morgan fingerprint density at radius 3 is 2.59 bits per heavy atom. The van der Waals surface area contributed by atoms with Gasteiger partial charge in [-0.05, 0) is 42.7 Å². The van der Waals surface area contributed by atoms with E-state index in [0.29, 0.717) is 16.7 Å². The monoisotopic (exact) mass is 381 g/mol. The Morgan fingerprint density at radius 2 is 1.86 bits per heavy atom. The highest BCUT2D eigenvalue weighted by Gasteiger charge is 2.54. The van der Waals surface area contributed by atoms with Crippen molar-refractivity contribution in [1.29, 1.82) is 0 Å². The number of anilines is 1. The van der Waals surface area contributed by atoms with Gasteiger partial charge in [0.15, 0.2) is 0 Å². The lowest BCUT2D eigenvalue weighted by Crippen LogP contribution is -2.32. The molecule has 0 amide bonds. The predicted molar refractivity (Wildman–Crippen MR) is 86.0 cm³/mol. The van der Waals surface area contributed by atoms with Crippen molar-refractivity contribution in [2.24, 2.45) is 0 Å². The van der Waals surface area contributed by atoms with Gasteiger partial charge >= 0.3 is 0 Å². The topological polar surface area (TPSA) is 37.4 Å². The molecule has 0 unspecified atom stereocenters. The van der Waals surface area contributed by atoms with Crippen LogP contribution in [0.5, 0.6) is 0 Å². The number of halogens is 2. The summed E-state index contributed by atoms with van der Waals surface area (Å²) in [6, 6.07) is 11.5. The van der Waals surface area contributed by atoms with Crippen LogP contribution in [0, 0.1) is 5.82 Å². The van der Waals surface area contributed by atoms with Crippen molar-refractivity contribution in [2.75, 3.05) is 10.8 Å². The fraction of sp³-hybridized carbons (Fsp3) is 0.250. The van der Waals surface area contributed by atoms with Crippen molar-refractivity contribution < 1.29 is 12.8 Å². The molecule has 1 aliphatic carbocycles. The van der Waals surface area contributed by atoms with Crippen LogP contribution in [0.25, 0.3) is 0 Å². The molecule has 2 aromatic carbocycles. The molecule has 0 bridgehead atoms. The highest BCUT2D eigenvalue weighted by Crippen LogP contribution is 2.57. The maximum Gasteiger partial charge on any atom is 0.267 e. The molecule has 22 heavy (non-hydrogen) atoms. The van der Waals surface area contributed by atoms with Crippen LogP contribution in [0.3, 0.4) is 0 Å². The molecule has 0 radical (unpaired) electrons. The van der Waals surface area contributed by atoms with Gasteiger partial charge in [0.2, 0.25) is 0 Å². The molecule has 114 valence electrons. The highest BCUT2D eigenvalue weighted by atomic mass is 79.9. The molecule has 1 saturated carbocycles. The fourth-order valence-electron chi connectivity index (χ4n) is 3.17. The molecule has 0 saturated heterocycles. The maximum atomic E-state index is 14.1. The molecule has 1 heterocycles. The molecule has 6 heteroatoms. The number of benzene rings is 2. The van der Waals surface area contributed by atoms with Crippen LogP contribution in [-0.4, -0.2) is 15.0 Å². The first kappa shape index (κ1) is 14.2. The molecule has 2 aliphatic rings. The van der Waals surface area contributed by atoms with Gasteiger partial charge in [-0.25, -0.2) is 12.8 Å². The second kappa shape index (κ2) is 4.55. The van der Waals surface area contributed by atoms with Gasteiger partial charge in [-0.1, -0.05) is 34.1 Å². The van der Waals surface area contributed by atoms with Crippen LogP contribution in [0.15, 0.2) is 51.8 Å². The van der Waals surface area contributed by atoms with Crippen molar-refractivity contribution in [3.63, 3.8) is 0 Å². The molecule has 2 aromatic rings. The molecule has 1 aliphatic heterocycles. The smallest absolute Gasteiger partial charge is 0.265 e. The number of hydrogen-bond acceptors (Lipinski definition) is 2. The lowest BCUT2D eigenvalue weighted by Gasteiger charge is -2.20. The highest BCUT2D eigenvalue weighted by molar-refractivity contribution is 9.10. The molecule has 0 aromatic heterocycles. The minimum Gasteiger partial charge on any atom is -0.265 e. The summed E-state index contributed by atoms with van der Waals surface area (Å²) in [5.74, 6) is -0.725. The van der Waals surface area contributed by atoms with Crippen LogP contribution >= 0.6 is 15.9 Å². The third kappa shape index (κ3) is 1.93. The van der Waals surface area contributed by atoms with Gasteiger partial charge in [0, 0.05) is 16.4 Å². The molecule has 4 rings (SSSR count). The van der Waals surface area contributed by atoms with Gasteiger partial charge in [0.25, 0.3) is 10.0 Å². The van der Waals surface area contributed by atoms with E-state index in [1.54, 1.807) is 6.07 Å². The summed E-state index contributed by atoms with van der Waals surface area (Å²) in [4.78, 5) is -0.283. The average Bonchev–Trinajstić information content (AvgIpc) is 3.19. The normalized spacial score (nSPS) is 18.5. The molecule has 3 nitrogen and oxygen atoms in total. The Kier molecular flexibility index (Phi) is 2.94.